The summed E-state index contributed by atoms with van der Waals surface area (Å²) in [6.45, 7) is 1.66. The van der Waals surface area contributed by atoms with Crippen LogP contribution in [0.1, 0.15) is 15.9 Å². The maximum Gasteiger partial charge on any atom is 0.255 e. The molecule has 0 fully saturated rings. The lowest BCUT2D eigenvalue weighted by Gasteiger charge is -2.08. The molecule has 0 spiro atoms. The first-order valence-electron chi connectivity index (χ1n) is 8.50. The van der Waals surface area contributed by atoms with Crippen molar-refractivity contribution >= 4 is 35.0 Å². The van der Waals surface area contributed by atoms with Gasteiger partial charge in [0.2, 0.25) is 5.91 Å². The summed E-state index contributed by atoms with van der Waals surface area (Å²) in [5.74, 6) is -0.669. The Morgan fingerprint density at radius 2 is 1.82 bits per heavy atom. The van der Waals surface area contributed by atoms with Crippen LogP contribution in [0, 0.1) is 12.7 Å². The van der Waals surface area contributed by atoms with E-state index in [1.807, 2.05) is 17.8 Å². The monoisotopic (exact) mass is 398 g/mol. The van der Waals surface area contributed by atoms with Gasteiger partial charge in [0.05, 0.1) is 5.75 Å². The van der Waals surface area contributed by atoms with E-state index < -0.39 is 0 Å². The molecule has 2 aromatic carbocycles. The Morgan fingerprint density at radius 1 is 1.11 bits per heavy atom. The molecule has 0 aliphatic heterocycles. The second kappa shape index (κ2) is 8.71. The van der Waals surface area contributed by atoms with Crippen LogP contribution in [0.5, 0.6) is 0 Å². The Labute approximate surface area is 166 Å². The van der Waals surface area contributed by atoms with Gasteiger partial charge in [-0.2, -0.15) is 0 Å². The summed E-state index contributed by atoms with van der Waals surface area (Å²) in [5, 5.41) is 6.18. The lowest BCUT2D eigenvalue weighted by Crippen LogP contribution is -2.15. The molecule has 0 radical (unpaired) electrons. The van der Waals surface area contributed by atoms with Crippen molar-refractivity contribution in [3.05, 3.63) is 71.8 Å². The zero-order valence-electron chi connectivity index (χ0n) is 15.4. The summed E-state index contributed by atoms with van der Waals surface area (Å²) in [6, 6.07) is 11.0. The molecule has 8 heteroatoms. The van der Waals surface area contributed by atoms with Gasteiger partial charge in [-0.3, -0.25) is 9.59 Å². The molecule has 144 valence electrons. The fraction of sp³-hybridized carbons (Fsp3) is 0.150. The minimum atomic E-state index is -0.376. The molecule has 3 rings (SSSR count). The number of thioether (sulfide) groups is 1. The first kappa shape index (κ1) is 19.6. The number of anilines is 2. The molecule has 3 aromatic rings. The van der Waals surface area contributed by atoms with Crippen molar-refractivity contribution in [3.8, 4) is 0 Å². The molecule has 0 saturated heterocycles. The number of amides is 2. The first-order valence-corrected chi connectivity index (χ1v) is 9.48. The van der Waals surface area contributed by atoms with E-state index in [9.17, 15) is 14.0 Å². The SMILES string of the molecule is Cc1ccc(NC(=O)c2ccc(NC(=O)CSc3nccn3C)cc2)cc1F. The van der Waals surface area contributed by atoms with E-state index in [2.05, 4.69) is 15.6 Å². The van der Waals surface area contributed by atoms with Crippen LogP contribution in [0.3, 0.4) is 0 Å². The molecule has 1 aromatic heterocycles. The Morgan fingerprint density at radius 3 is 2.46 bits per heavy atom. The normalized spacial score (nSPS) is 10.5. The summed E-state index contributed by atoms with van der Waals surface area (Å²) >= 11 is 1.34. The molecule has 0 bridgehead atoms. The van der Waals surface area contributed by atoms with E-state index in [1.54, 1.807) is 49.5 Å². The third kappa shape index (κ3) is 4.98. The molecular weight excluding hydrogens is 379 g/mol. The van der Waals surface area contributed by atoms with Crippen molar-refractivity contribution < 1.29 is 14.0 Å². The molecule has 0 aliphatic rings. The highest BCUT2D eigenvalue weighted by molar-refractivity contribution is 7.99. The quantitative estimate of drug-likeness (QED) is 0.619. The van der Waals surface area contributed by atoms with E-state index >= 15 is 0 Å². The number of carbonyl (C=O) groups is 2. The number of halogens is 1. The fourth-order valence-electron chi connectivity index (χ4n) is 2.40. The van der Waals surface area contributed by atoms with Gasteiger partial charge >= 0.3 is 0 Å². The van der Waals surface area contributed by atoms with E-state index in [0.29, 0.717) is 22.5 Å². The predicted octanol–water partition coefficient (Wildman–Crippen LogP) is 3.85. The van der Waals surface area contributed by atoms with Gasteiger partial charge in [-0.05, 0) is 48.9 Å². The number of rotatable bonds is 6. The smallest absolute Gasteiger partial charge is 0.255 e. The number of imidazole rings is 1. The molecule has 0 aliphatic carbocycles. The minimum absolute atomic E-state index is 0.166. The first-order chi connectivity index (χ1) is 13.4. The maximum atomic E-state index is 13.6. The molecule has 0 unspecified atom stereocenters. The van der Waals surface area contributed by atoms with Gasteiger partial charge in [-0.15, -0.1) is 0 Å². The Balaban J connectivity index is 1.55. The van der Waals surface area contributed by atoms with E-state index in [-0.39, 0.29) is 23.4 Å². The third-order valence-electron chi connectivity index (χ3n) is 3.97. The van der Waals surface area contributed by atoms with Gasteiger partial charge < -0.3 is 15.2 Å². The van der Waals surface area contributed by atoms with Gasteiger partial charge in [0, 0.05) is 36.4 Å². The Bertz CT molecular complexity index is 1000. The highest BCUT2D eigenvalue weighted by atomic mass is 32.2. The second-order valence-corrected chi connectivity index (χ2v) is 7.10. The predicted molar refractivity (Wildman–Crippen MR) is 108 cm³/mol. The largest absolute Gasteiger partial charge is 0.329 e. The molecule has 2 amide bonds. The molecule has 0 atom stereocenters. The van der Waals surface area contributed by atoms with Crippen LogP contribution >= 0.6 is 11.8 Å². The van der Waals surface area contributed by atoms with Crippen LogP contribution in [0.2, 0.25) is 0 Å². The second-order valence-electron chi connectivity index (χ2n) is 6.15. The van der Waals surface area contributed by atoms with Gasteiger partial charge in [-0.25, -0.2) is 9.37 Å². The lowest BCUT2D eigenvalue weighted by atomic mass is 10.1. The summed E-state index contributed by atoms with van der Waals surface area (Å²) in [4.78, 5) is 28.5. The maximum absolute atomic E-state index is 13.6. The number of aryl methyl sites for hydroxylation is 2. The minimum Gasteiger partial charge on any atom is -0.329 e. The zero-order valence-corrected chi connectivity index (χ0v) is 16.2. The summed E-state index contributed by atoms with van der Waals surface area (Å²) < 4.78 is 15.4. The van der Waals surface area contributed by atoms with Crippen LogP contribution < -0.4 is 10.6 Å². The van der Waals surface area contributed by atoms with Crippen LogP contribution in [0.25, 0.3) is 0 Å². The summed E-state index contributed by atoms with van der Waals surface area (Å²) in [7, 11) is 1.86. The number of nitrogens with one attached hydrogen (secondary N) is 2. The lowest BCUT2D eigenvalue weighted by molar-refractivity contribution is -0.113. The van der Waals surface area contributed by atoms with Crippen LogP contribution in [-0.2, 0) is 11.8 Å². The van der Waals surface area contributed by atoms with Crippen LogP contribution in [0.4, 0.5) is 15.8 Å². The van der Waals surface area contributed by atoms with Crippen LogP contribution in [0.15, 0.2) is 60.0 Å². The Kier molecular flexibility index (Phi) is 6.10. The van der Waals surface area contributed by atoms with E-state index in [1.165, 1.54) is 17.8 Å². The van der Waals surface area contributed by atoms with Gasteiger partial charge in [0.15, 0.2) is 5.16 Å². The molecule has 6 nitrogen and oxygen atoms in total. The van der Waals surface area contributed by atoms with E-state index in [0.717, 1.165) is 5.16 Å². The molecule has 0 saturated carbocycles. The van der Waals surface area contributed by atoms with Crippen molar-refractivity contribution in [2.75, 3.05) is 16.4 Å². The average Bonchev–Trinajstić information content (AvgIpc) is 3.08. The summed E-state index contributed by atoms with van der Waals surface area (Å²) in [6.07, 6.45) is 3.49. The topological polar surface area (TPSA) is 76.0 Å². The number of carbonyl (C=O) groups excluding carboxylic acids is 2. The number of aromatic nitrogens is 2. The fourth-order valence-corrected chi connectivity index (χ4v) is 3.13. The van der Waals surface area contributed by atoms with E-state index in [4.69, 9.17) is 0 Å². The molecule has 28 heavy (non-hydrogen) atoms. The molecular formula is C20H19FN4O2S. The number of nitrogens with zero attached hydrogens (tertiary/aromatic N) is 2. The summed E-state index contributed by atoms with van der Waals surface area (Å²) in [5.41, 5.74) is 1.89. The molecule has 2 N–H and O–H groups in total. The Hall–Kier alpha value is -3.13. The van der Waals surface area contributed by atoms with Crippen molar-refractivity contribution in [1.29, 1.82) is 0 Å². The standard InChI is InChI=1S/C20H19FN4O2S/c1-13-3-6-16(11-17(13)21)24-19(27)14-4-7-15(8-5-14)23-18(26)12-28-20-22-9-10-25(20)2/h3-11H,12H2,1-2H3,(H,23,26)(H,24,27). The zero-order chi connectivity index (χ0) is 20.1. The number of benzene rings is 2. The van der Waals surface area contributed by atoms with Gasteiger partial charge in [-0.1, -0.05) is 17.8 Å². The number of hydrogen-bond donors (Lipinski definition) is 2. The molecule has 1 heterocycles. The van der Waals surface area contributed by atoms with Gasteiger partial charge in [0.1, 0.15) is 5.82 Å². The van der Waals surface area contributed by atoms with Crippen molar-refractivity contribution in [1.82, 2.24) is 9.55 Å². The van der Waals surface area contributed by atoms with Crippen molar-refractivity contribution in [2.45, 2.75) is 12.1 Å². The van der Waals surface area contributed by atoms with Gasteiger partial charge in [0.25, 0.3) is 5.91 Å². The highest BCUT2D eigenvalue weighted by Gasteiger charge is 2.10. The van der Waals surface area contributed by atoms with Crippen molar-refractivity contribution in [3.63, 3.8) is 0 Å². The van der Waals surface area contributed by atoms with Crippen molar-refractivity contribution in [2.24, 2.45) is 7.05 Å². The highest BCUT2D eigenvalue weighted by Crippen LogP contribution is 2.17. The third-order valence-corrected chi connectivity index (χ3v) is 5.03. The number of hydrogen-bond acceptors (Lipinski definition) is 4. The van der Waals surface area contributed by atoms with Crippen LogP contribution in [-0.4, -0.2) is 27.1 Å². The average molecular weight is 398 g/mol.